The van der Waals surface area contributed by atoms with Gasteiger partial charge in [0.2, 0.25) is 0 Å². The summed E-state index contributed by atoms with van der Waals surface area (Å²) in [7, 11) is 1.56. The van der Waals surface area contributed by atoms with E-state index in [1.54, 1.807) is 0 Å². The normalized spacial score (nSPS) is 14.6. The van der Waals surface area contributed by atoms with Crippen LogP contribution in [0.5, 0.6) is 0 Å². The smallest absolute Gasteiger partial charge is 0.463 e. The molecule has 0 aliphatic heterocycles. The van der Waals surface area contributed by atoms with Gasteiger partial charge in [0.15, 0.2) is 0 Å². The van der Waals surface area contributed by atoms with Crippen molar-refractivity contribution in [3.8, 4) is 0 Å². The van der Waals surface area contributed by atoms with Crippen molar-refractivity contribution in [2.45, 2.75) is 116 Å². The van der Waals surface area contributed by atoms with Crippen molar-refractivity contribution in [3.63, 3.8) is 0 Å². The lowest BCUT2D eigenvalue weighted by molar-refractivity contribution is -0.870. The number of aliphatic hydroxyl groups excluding tert-OH is 1. The monoisotopic (exact) mass is 550 g/mol. The number of carbonyl (C=O) groups is 1. The molecule has 37 heavy (non-hydrogen) atoms. The Bertz CT molecular complexity index is 622. The summed E-state index contributed by atoms with van der Waals surface area (Å²) in [5, 5.41) is 9.84. The van der Waals surface area contributed by atoms with E-state index in [0.29, 0.717) is 17.4 Å². The largest absolute Gasteiger partial charge is 0.472 e. The number of carbonyl (C=O) groups excluding carboxylic acids is 1. The van der Waals surface area contributed by atoms with Crippen LogP contribution in [0.2, 0.25) is 0 Å². The van der Waals surface area contributed by atoms with Crippen molar-refractivity contribution in [2.75, 3.05) is 47.5 Å². The Kier molecular flexibility index (Phi) is 22.7. The van der Waals surface area contributed by atoms with Gasteiger partial charge in [-0.2, -0.15) is 0 Å². The van der Waals surface area contributed by atoms with Crippen LogP contribution in [0, 0.1) is 0 Å². The highest BCUT2D eigenvalue weighted by atomic mass is 31.2. The molecule has 0 radical (unpaired) electrons. The Labute approximate surface area is 227 Å². The van der Waals surface area contributed by atoms with E-state index in [-0.39, 0.29) is 19.2 Å². The number of aliphatic hydroxyl groups is 1. The molecule has 0 aliphatic rings. The van der Waals surface area contributed by atoms with Gasteiger partial charge in [-0.1, -0.05) is 83.3 Å². The van der Waals surface area contributed by atoms with Gasteiger partial charge >= 0.3 is 13.8 Å². The van der Waals surface area contributed by atoms with Crippen LogP contribution >= 0.6 is 7.82 Å². The molecule has 2 N–H and O–H groups in total. The van der Waals surface area contributed by atoms with Gasteiger partial charge in [0, 0.05) is 6.42 Å². The average molecular weight is 551 g/mol. The molecule has 0 bridgehead atoms. The molecule has 0 fully saturated rings. The molecule has 0 aromatic carbocycles. The number of quaternary nitrogens is 1. The molecule has 0 spiro atoms. The summed E-state index contributed by atoms with van der Waals surface area (Å²) in [6, 6.07) is 0. The first-order chi connectivity index (χ1) is 17.6. The third kappa shape index (κ3) is 28.1. The predicted molar refractivity (Wildman–Crippen MR) is 150 cm³/mol. The fourth-order valence-electron chi connectivity index (χ4n) is 3.65. The quantitative estimate of drug-likeness (QED) is 0.0414. The Morgan fingerprint density at radius 2 is 1.32 bits per heavy atom. The van der Waals surface area contributed by atoms with Crippen LogP contribution in [0.1, 0.15) is 110 Å². The second-order valence-corrected chi connectivity index (χ2v) is 12.4. The number of likely N-dealkylation sites (N-methyl/N-ethyl adjacent to an activating group) is 1. The lowest BCUT2D eigenvalue weighted by Crippen LogP contribution is -2.37. The molecule has 220 valence electrons. The number of esters is 1. The van der Waals surface area contributed by atoms with Crippen molar-refractivity contribution in [2.24, 2.45) is 0 Å². The molecule has 9 heteroatoms. The van der Waals surface area contributed by atoms with E-state index >= 15 is 0 Å². The maximum atomic E-state index is 11.8. The minimum absolute atomic E-state index is 0.0546. The molecule has 1 unspecified atom stereocenters. The van der Waals surface area contributed by atoms with Gasteiger partial charge in [0.25, 0.3) is 0 Å². The molecule has 2 atom stereocenters. The number of rotatable bonds is 26. The summed E-state index contributed by atoms with van der Waals surface area (Å²) >= 11 is 0. The van der Waals surface area contributed by atoms with Crippen molar-refractivity contribution in [1.29, 1.82) is 0 Å². The van der Waals surface area contributed by atoms with Crippen LogP contribution in [0.3, 0.4) is 0 Å². The third-order valence-electron chi connectivity index (χ3n) is 6.03. The first kappa shape index (κ1) is 36.2. The third-order valence-corrected chi connectivity index (χ3v) is 7.01. The van der Waals surface area contributed by atoms with Crippen LogP contribution in [0.4, 0.5) is 0 Å². The summed E-state index contributed by atoms with van der Waals surface area (Å²) in [4.78, 5) is 21.5. The Morgan fingerprint density at radius 1 is 0.811 bits per heavy atom. The molecule has 0 saturated carbocycles. The molecule has 0 aromatic rings. The lowest BCUT2D eigenvalue weighted by atomic mass is 10.1. The second-order valence-electron chi connectivity index (χ2n) is 11.0. The number of ether oxygens (including phenoxy) is 1. The van der Waals surface area contributed by atoms with Crippen LogP contribution in [-0.2, 0) is 23.1 Å². The standard InChI is InChI=1S/C28H56NO7P/c1-5-6-7-8-9-10-11-12-13-14-15-16-17-18-19-20-21-22-28(31)34-25-27(30)26-36-37(32,33)35-24-23-29(2,3)4/h12-13,27,30H,5-11,14-26H2,1-4H3/p+1/b13-12-/t27-/m1/s1. The number of phosphoric ester groups is 1. The molecular formula is C28H57NO7P+. The Morgan fingerprint density at radius 3 is 1.86 bits per heavy atom. The van der Waals surface area contributed by atoms with E-state index in [9.17, 15) is 19.4 Å². The number of hydrogen-bond acceptors (Lipinski definition) is 6. The highest BCUT2D eigenvalue weighted by molar-refractivity contribution is 7.47. The predicted octanol–water partition coefficient (Wildman–Crippen LogP) is 6.55. The molecule has 0 amide bonds. The van der Waals surface area contributed by atoms with Gasteiger partial charge in [0.05, 0.1) is 27.7 Å². The fraction of sp³-hybridized carbons (Fsp3) is 0.893. The fourth-order valence-corrected chi connectivity index (χ4v) is 4.40. The van der Waals surface area contributed by atoms with Crippen LogP contribution in [0.15, 0.2) is 12.2 Å². The van der Waals surface area contributed by atoms with Crippen molar-refractivity contribution < 1.29 is 37.6 Å². The number of nitrogens with zero attached hydrogens (tertiary/aromatic N) is 1. The van der Waals surface area contributed by atoms with E-state index < -0.39 is 20.5 Å². The van der Waals surface area contributed by atoms with Gasteiger partial charge in [-0.3, -0.25) is 13.8 Å². The lowest BCUT2D eigenvalue weighted by Gasteiger charge is -2.24. The number of unbranched alkanes of at least 4 members (excludes halogenated alkanes) is 13. The highest BCUT2D eigenvalue weighted by Crippen LogP contribution is 2.43. The van der Waals surface area contributed by atoms with E-state index in [1.165, 1.54) is 77.0 Å². The van der Waals surface area contributed by atoms with Crippen molar-refractivity contribution >= 4 is 13.8 Å². The topological polar surface area (TPSA) is 102 Å². The number of allylic oxidation sites excluding steroid dienone is 2. The second kappa shape index (κ2) is 23.2. The first-order valence-corrected chi connectivity index (χ1v) is 16.0. The first-order valence-electron chi connectivity index (χ1n) is 14.5. The SMILES string of the molecule is CCCCCCCC/C=C\CCCCCCCCCC(=O)OC[C@@H](O)COP(=O)(O)OCC[N+](C)(C)C. The van der Waals surface area contributed by atoms with E-state index in [1.807, 2.05) is 21.1 Å². The summed E-state index contributed by atoms with van der Waals surface area (Å²) in [6.07, 6.45) is 22.1. The minimum atomic E-state index is -4.24. The molecule has 0 heterocycles. The number of phosphoric acid groups is 1. The molecule has 0 saturated heterocycles. The molecule has 0 aromatic heterocycles. The number of hydrogen-bond donors (Lipinski definition) is 2. The van der Waals surface area contributed by atoms with E-state index in [4.69, 9.17) is 13.8 Å². The maximum absolute atomic E-state index is 11.8. The van der Waals surface area contributed by atoms with Gasteiger partial charge < -0.3 is 19.2 Å². The zero-order chi connectivity index (χ0) is 27.8. The van der Waals surface area contributed by atoms with Gasteiger partial charge in [-0.25, -0.2) is 4.57 Å². The molecule has 8 nitrogen and oxygen atoms in total. The summed E-state index contributed by atoms with van der Waals surface area (Å²) in [5.41, 5.74) is 0. The summed E-state index contributed by atoms with van der Waals surface area (Å²) in [5.74, 6) is -0.377. The van der Waals surface area contributed by atoms with E-state index in [0.717, 1.165) is 19.3 Å². The maximum Gasteiger partial charge on any atom is 0.472 e. The Balaban J connectivity index is 3.54. The van der Waals surface area contributed by atoms with Gasteiger partial charge in [0.1, 0.15) is 25.9 Å². The zero-order valence-electron chi connectivity index (χ0n) is 24.2. The van der Waals surface area contributed by atoms with Crippen LogP contribution in [-0.4, -0.2) is 74.1 Å². The molecule has 0 rings (SSSR count). The van der Waals surface area contributed by atoms with Crippen LogP contribution in [0.25, 0.3) is 0 Å². The van der Waals surface area contributed by atoms with E-state index in [2.05, 4.69) is 19.1 Å². The van der Waals surface area contributed by atoms with Gasteiger partial charge in [-0.15, -0.1) is 0 Å². The summed E-state index contributed by atoms with van der Waals surface area (Å²) in [6.45, 7) is 2.13. The highest BCUT2D eigenvalue weighted by Gasteiger charge is 2.24. The van der Waals surface area contributed by atoms with Gasteiger partial charge in [-0.05, 0) is 32.1 Å². The van der Waals surface area contributed by atoms with Crippen molar-refractivity contribution in [3.05, 3.63) is 12.2 Å². The Hall–Kier alpha value is -0.760. The van der Waals surface area contributed by atoms with Crippen LogP contribution < -0.4 is 0 Å². The molecule has 0 aliphatic carbocycles. The summed E-state index contributed by atoms with van der Waals surface area (Å²) < 4.78 is 27.1. The minimum Gasteiger partial charge on any atom is -0.463 e. The molecular weight excluding hydrogens is 493 g/mol. The zero-order valence-corrected chi connectivity index (χ0v) is 25.1. The average Bonchev–Trinajstić information content (AvgIpc) is 2.82. The van der Waals surface area contributed by atoms with Crippen molar-refractivity contribution in [1.82, 2.24) is 0 Å².